The van der Waals surface area contributed by atoms with Gasteiger partial charge in [0.05, 0.1) is 12.5 Å². The molecule has 0 heterocycles. The second-order valence-electron chi connectivity index (χ2n) is 7.94. The zero-order chi connectivity index (χ0) is 25.7. The third-order valence-electron chi connectivity index (χ3n) is 4.99. The number of hydrogen-bond acceptors (Lipinski definition) is 7. The summed E-state index contributed by atoms with van der Waals surface area (Å²) in [5.74, 6) is -4.08. The fourth-order valence-electron chi connectivity index (χ4n) is 3.07. The molecule has 0 bridgehead atoms. The Morgan fingerprint density at radius 1 is 0.912 bits per heavy atom. The van der Waals surface area contributed by atoms with Gasteiger partial charge in [-0.2, -0.15) is 0 Å². The van der Waals surface area contributed by atoms with Gasteiger partial charge in [0.15, 0.2) is 0 Å². The molecular formula is C22H34N6O6. The maximum atomic E-state index is 12.9. The van der Waals surface area contributed by atoms with E-state index in [2.05, 4.69) is 16.0 Å². The van der Waals surface area contributed by atoms with Crippen molar-refractivity contribution >= 4 is 29.6 Å². The Morgan fingerprint density at radius 2 is 1.53 bits per heavy atom. The van der Waals surface area contributed by atoms with E-state index in [4.69, 9.17) is 17.2 Å². The number of carboxylic acids is 1. The van der Waals surface area contributed by atoms with E-state index in [1.807, 2.05) is 0 Å². The number of unbranched alkanes of at least 4 members (excludes halogenated alkanes) is 1. The van der Waals surface area contributed by atoms with Gasteiger partial charge in [-0.15, -0.1) is 0 Å². The fraction of sp³-hybridized carbons (Fsp3) is 0.500. The maximum Gasteiger partial charge on any atom is 0.326 e. The molecule has 0 aliphatic rings. The smallest absolute Gasteiger partial charge is 0.326 e. The average Bonchev–Trinajstić information content (AvgIpc) is 2.77. The van der Waals surface area contributed by atoms with Crippen LogP contribution in [-0.2, 0) is 30.4 Å². The number of carbonyl (C=O) groups is 5. The van der Waals surface area contributed by atoms with E-state index < -0.39 is 53.8 Å². The van der Waals surface area contributed by atoms with Crippen LogP contribution in [0.15, 0.2) is 30.3 Å². The van der Waals surface area contributed by atoms with Crippen molar-refractivity contribution in [3.05, 3.63) is 35.9 Å². The number of hydrogen-bond donors (Lipinski definition) is 7. The number of nitrogens with two attached hydrogens (primary N) is 3. The van der Waals surface area contributed by atoms with Gasteiger partial charge in [-0.1, -0.05) is 30.3 Å². The number of benzene rings is 1. The van der Waals surface area contributed by atoms with Crippen LogP contribution in [0.1, 0.15) is 38.2 Å². The van der Waals surface area contributed by atoms with Gasteiger partial charge in [0.25, 0.3) is 0 Å². The first kappa shape index (κ1) is 28.5. The fourth-order valence-corrected chi connectivity index (χ4v) is 3.07. The van der Waals surface area contributed by atoms with E-state index in [1.54, 1.807) is 30.3 Å². The van der Waals surface area contributed by atoms with Gasteiger partial charge in [-0.05, 0) is 38.3 Å². The summed E-state index contributed by atoms with van der Waals surface area (Å²) in [5.41, 5.74) is 16.8. The van der Waals surface area contributed by atoms with E-state index in [1.165, 1.54) is 6.92 Å². The van der Waals surface area contributed by atoms with Crippen molar-refractivity contribution in [3.63, 3.8) is 0 Å². The van der Waals surface area contributed by atoms with Crippen molar-refractivity contribution in [1.29, 1.82) is 0 Å². The summed E-state index contributed by atoms with van der Waals surface area (Å²) >= 11 is 0. The zero-order valence-electron chi connectivity index (χ0n) is 19.2. The van der Waals surface area contributed by atoms with Crippen LogP contribution in [0.2, 0.25) is 0 Å². The van der Waals surface area contributed by atoms with Crippen molar-refractivity contribution < 1.29 is 29.1 Å². The molecule has 1 aromatic carbocycles. The molecule has 0 saturated heterocycles. The molecule has 188 valence electrons. The maximum absolute atomic E-state index is 12.9. The van der Waals surface area contributed by atoms with Crippen LogP contribution in [0.25, 0.3) is 0 Å². The summed E-state index contributed by atoms with van der Waals surface area (Å²) in [6.07, 6.45) is 1.01. The minimum Gasteiger partial charge on any atom is -0.480 e. The molecule has 0 aliphatic heterocycles. The number of carbonyl (C=O) groups excluding carboxylic acids is 4. The third-order valence-corrected chi connectivity index (χ3v) is 4.99. The Morgan fingerprint density at radius 3 is 2.09 bits per heavy atom. The molecule has 4 unspecified atom stereocenters. The van der Waals surface area contributed by atoms with E-state index >= 15 is 0 Å². The van der Waals surface area contributed by atoms with E-state index in [-0.39, 0.29) is 19.3 Å². The highest BCUT2D eigenvalue weighted by Crippen LogP contribution is 2.07. The van der Waals surface area contributed by atoms with Crippen LogP contribution < -0.4 is 33.2 Å². The summed E-state index contributed by atoms with van der Waals surface area (Å²) in [6, 6.07) is 4.29. The van der Waals surface area contributed by atoms with E-state index in [9.17, 15) is 29.1 Å². The minimum absolute atomic E-state index is 0.0927. The van der Waals surface area contributed by atoms with Gasteiger partial charge >= 0.3 is 5.97 Å². The number of rotatable bonds is 15. The predicted octanol–water partition coefficient (Wildman–Crippen LogP) is -1.88. The molecular weight excluding hydrogens is 444 g/mol. The molecule has 0 aromatic heterocycles. The number of nitrogens with one attached hydrogen (secondary N) is 3. The average molecular weight is 479 g/mol. The summed E-state index contributed by atoms with van der Waals surface area (Å²) in [5, 5.41) is 16.8. The molecule has 12 nitrogen and oxygen atoms in total. The van der Waals surface area contributed by atoms with Crippen LogP contribution in [-0.4, -0.2) is 65.4 Å². The highest BCUT2D eigenvalue weighted by Gasteiger charge is 2.29. The quantitative estimate of drug-likeness (QED) is 0.141. The molecule has 0 spiro atoms. The summed E-state index contributed by atoms with van der Waals surface area (Å²) in [4.78, 5) is 60.2. The standard InChI is InChI=1S/C22H34N6O6/c1-13(26-20(31)15(24)12-18(25)29)19(30)28-17(11-14-7-3-2-4-8-14)21(32)27-16(22(33)34)9-5-6-10-23/h2-4,7-8,13,15-17H,5-6,9-12,23-24H2,1H3,(H2,25,29)(H,26,31)(H,27,32)(H,28,30)(H,33,34). The Labute approximate surface area is 198 Å². The second kappa shape index (κ2) is 14.6. The first-order chi connectivity index (χ1) is 16.0. The Balaban J connectivity index is 2.91. The van der Waals surface area contributed by atoms with Gasteiger partial charge < -0.3 is 38.3 Å². The van der Waals surface area contributed by atoms with E-state index in [0.717, 1.165) is 5.56 Å². The van der Waals surface area contributed by atoms with Crippen molar-refractivity contribution in [2.75, 3.05) is 6.54 Å². The van der Waals surface area contributed by atoms with Crippen LogP contribution in [0, 0.1) is 0 Å². The monoisotopic (exact) mass is 478 g/mol. The number of carboxylic acid groups (broad SMARTS) is 1. The first-order valence-corrected chi connectivity index (χ1v) is 11.0. The lowest BCUT2D eigenvalue weighted by Crippen LogP contribution is -2.57. The molecule has 1 aromatic rings. The van der Waals surface area contributed by atoms with Gasteiger partial charge in [-0.3, -0.25) is 19.2 Å². The normalized spacial score (nSPS) is 14.2. The molecule has 4 amide bonds. The number of aliphatic carboxylic acids is 1. The molecule has 10 N–H and O–H groups in total. The van der Waals surface area contributed by atoms with Crippen molar-refractivity contribution in [2.45, 2.75) is 63.2 Å². The molecule has 0 aliphatic carbocycles. The van der Waals surface area contributed by atoms with Gasteiger partial charge in [-0.25, -0.2) is 4.79 Å². The highest BCUT2D eigenvalue weighted by atomic mass is 16.4. The minimum atomic E-state index is -1.22. The molecule has 0 saturated carbocycles. The van der Waals surface area contributed by atoms with Crippen LogP contribution in [0.3, 0.4) is 0 Å². The third kappa shape index (κ3) is 10.4. The number of amides is 4. The summed E-state index contributed by atoms with van der Waals surface area (Å²) < 4.78 is 0. The summed E-state index contributed by atoms with van der Waals surface area (Å²) in [7, 11) is 0. The summed E-state index contributed by atoms with van der Waals surface area (Å²) in [6.45, 7) is 1.79. The highest BCUT2D eigenvalue weighted by molar-refractivity contribution is 5.94. The largest absolute Gasteiger partial charge is 0.480 e. The zero-order valence-corrected chi connectivity index (χ0v) is 19.2. The van der Waals surface area contributed by atoms with Crippen LogP contribution >= 0.6 is 0 Å². The Kier molecular flexibility index (Phi) is 12.2. The topological polar surface area (TPSA) is 220 Å². The van der Waals surface area contributed by atoms with Gasteiger partial charge in [0.2, 0.25) is 23.6 Å². The lowest BCUT2D eigenvalue weighted by molar-refractivity contribution is -0.142. The predicted molar refractivity (Wildman–Crippen MR) is 124 cm³/mol. The molecule has 1 rings (SSSR count). The SMILES string of the molecule is CC(NC(=O)C(N)CC(N)=O)C(=O)NC(Cc1ccccc1)C(=O)NC(CCCCN)C(=O)O. The van der Waals surface area contributed by atoms with Crippen molar-refractivity contribution in [3.8, 4) is 0 Å². The lowest BCUT2D eigenvalue weighted by atomic mass is 10.0. The van der Waals surface area contributed by atoms with Crippen LogP contribution in [0.5, 0.6) is 0 Å². The lowest BCUT2D eigenvalue weighted by Gasteiger charge is -2.24. The first-order valence-electron chi connectivity index (χ1n) is 11.0. The van der Waals surface area contributed by atoms with Gasteiger partial charge in [0.1, 0.15) is 18.1 Å². The Bertz CT molecular complexity index is 850. The molecule has 34 heavy (non-hydrogen) atoms. The molecule has 0 fully saturated rings. The van der Waals surface area contributed by atoms with Crippen molar-refractivity contribution in [2.24, 2.45) is 17.2 Å². The Hall–Kier alpha value is -3.51. The molecule has 12 heteroatoms. The van der Waals surface area contributed by atoms with Gasteiger partial charge in [0, 0.05) is 6.42 Å². The molecule has 0 radical (unpaired) electrons. The second-order valence-corrected chi connectivity index (χ2v) is 7.94. The van der Waals surface area contributed by atoms with E-state index in [0.29, 0.717) is 19.4 Å². The molecule has 4 atom stereocenters. The van der Waals surface area contributed by atoms with Crippen molar-refractivity contribution in [1.82, 2.24) is 16.0 Å². The number of primary amides is 1. The van der Waals surface area contributed by atoms with Crippen LogP contribution in [0.4, 0.5) is 0 Å².